The van der Waals surface area contributed by atoms with E-state index in [0.717, 1.165) is 54.4 Å². The van der Waals surface area contributed by atoms with Crippen LogP contribution in [0.2, 0.25) is 0 Å². The predicted octanol–water partition coefficient (Wildman–Crippen LogP) is 7.45. The van der Waals surface area contributed by atoms with Crippen LogP contribution in [0.4, 0.5) is 0 Å². The number of rotatable bonds is 13. The van der Waals surface area contributed by atoms with E-state index in [-0.39, 0.29) is 47.3 Å². The van der Waals surface area contributed by atoms with Gasteiger partial charge in [0.2, 0.25) is 0 Å². The number of carbonyl (C=O) groups excluding carboxylic acids is 4. The molecule has 0 bridgehead atoms. The second-order valence-electron chi connectivity index (χ2n) is 10.3. The first-order valence-corrected chi connectivity index (χ1v) is 13.8. The Balaban J connectivity index is 0.00000194. The maximum Gasteiger partial charge on any atom is 0.163 e. The molecule has 0 fully saturated rings. The van der Waals surface area contributed by atoms with Crippen LogP contribution >= 0.6 is 0 Å². The zero-order valence-corrected chi connectivity index (χ0v) is 23.3. The van der Waals surface area contributed by atoms with Crippen molar-refractivity contribution in [2.45, 2.75) is 119 Å². The molecule has 0 N–H and O–H groups in total. The summed E-state index contributed by atoms with van der Waals surface area (Å²) in [6.07, 6.45) is 7.84. The van der Waals surface area contributed by atoms with Gasteiger partial charge in [-0.2, -0.15) is 0 Å². The van der Waals surface area contributed by atoms with Gasteiger partial charge in [-0.25, -0.2) is 0 Å². The highest BCUT2D eigenvalue weighted by molar-refractivity contribution is 6.00. The molecule has 4 heteroatoms. The lowest BCUT2D eigenvalue weighted by molar-refractivity contribution is -0.130. The lowest BCUT2D eigenvalue weighted by atomic mass is 9.71. The smallest absolute Gasteiger partial charge is 0.163 e. The third-order valence-electron chi connectivity index (χ3n) is 7.07. The third kappa shape index (κ3) is 9.46. The Morgan fingerprint density at radius 1 is 1.03 bits per heavy atom. The number of carbonyl (C=O) groups is 4. The van der Waals surface area contributed by atoms with Gasteiger partial charge in [0, 0.05) is 30.7 Å². The average molecular weight is 485 g/mol. The van der Waals surface area contributed by atoms with Crippen molar-refractivity contribution < 1.29 is 19.2 Å². The molecule has 4 nitrogen and oxygen atoms in total. The molecule has 0 aromatic heterocycles. The van der Waals surface area contributed by atoms with Crippen LogP contribution in [0.25, 0.3) is 0 Å². The number of fused-ring (bicyclic) bond motifs is 1. The van der Waals surface area contributed by atoms with Crippen LogP contribution in [0.3, 0.4) is 0 Å². The van der Waals surface area contributed by atoms with Gasteiger partial charge in [0.05, 0.1) is 6.42 Å². The van der Waals surface area contributed by atoms with Gasteiger partial charge in [-0.15, -0.1) is 0 Å². The maximum absolute atomic E-state index is 13.1. The second-order valence-corrected chi connectivity index (χ2v) is 10.3. The predicted molar refractivity (Wildman–Crippen MR) is 144 cm³/mol. The molecule has 2 rings (SSSR count). The molecule has 0 spiro atoms. The fourth-order valence-corrected chi connectivity index (χ4v) is 5.49. The average Bonchev–Trinajstić information content (AvgIpc) is 2.78. The monoisotopic (exact) mass is 484 g/mol. The van der Waals surface area contributed by atoms with Gasteiger partial charge in [-0.1, -0.05) is 66.0 Å². The normalized spacial score (nSPS) is 16.5. The van der Waals surface area contributed by atoms with Crippen molar-refractivity contribution >= 4 is 23.1 Å². The summed E-state index contributed by atoms with van der Waals surface area (Å²) in [6.45, 7) is 13.8. The van der Waals surface area contributed by atoms with Crippen molar-refractivity contribution in [1.29, 1.82) is 0 Å². The first-order chi connectivity index (χ1) is 16.6. The summed E-state index contributed by atoms with van der Waals surface area (Å²) >= 11 is 0. The fraction of sp³-hybridized carbons (Fsp3) is 0.677. The van der Waals surface area contributed by atoms with E-state index in [9.17, 15) is 19.2 Å². The van der Waals surface area contributed by atoms with E-state index in [1.165, 1.54) is 13.3 Å². The molecule has 0 radical (unpaired) electrons. The van der Waals surface area contributed by atoms with Gasteiger partial charge < -0.3 is 0 Å². The van der Waals surface area contributed by atoms with Crippen molar-refractivity contribution in [3.05, 3.63) is 34.4 Å². The van der Waals surface area contributed by atoms with E-state index < -0.39 is 0 Å². The topological polar surface area (TPSA) is 68.3 Å². The Morgan fingerprint density at radius 3 is 2.23 bits per heavy atom. The van der Waals surface area contributed by atoms with Gasteiger partial charge in [0.25, 0.3) is 0 Å². The molecule has 1 aliphatic rings. The highest BCUT2D eigenvalue weighted by Gasteiger charge is 2.33. The van der Waals surface area contributed by atoms with Crippen molar-refractivity contribution in [3.8, 4) is 0 Å². The Hall–Kier alpha value is -2.10. The lowest BCUT2D eigenvalue weighted by Gasteiger charge is -2.32. The van der Waals surface area contributed by atoms with Crippen LogP contribution in [0, 0.1) is 24.7 Å². The number of ketones is 4. The second kappa shape index (κ2) is 15.8. The van der Waals surface area contributed by atoms with Gasteiger partial charge in [0.1, 0.15) is 17.3 Å². The minimum absolute atomic E-state index is 0.0138. The molecule has 0 saturated carbocycles. The van der Waals surface area contributed by atoms with E-state index >= 15 is 0 Å². The SMILES string of the molecule is CCC.CCCC(CC1CC(=O)c2c(C)ccc(CCC(=O)CC)c2C1)C(CC)C(=O)CC(C)=O. The molecule has 1 aromatic rings. The Morgan fingerprint density at radius 2 is 1.69 bits per heavy atom. The molecule has 1 aromatic carbocycles. The van der Waals surface area contributed by atoms with Crippen LogP contribution < -0.4 is 0 Å². The molecular weight excluding hydrogens is 436 g/mol. The van der Waals surface area contributed by atoms with E-state index in [1.807, 2.05) is 26.8 Å². The number of aryl methyl sites for hydroxylation is 2. The molecule has 0 amide bonds. The number of hydrogen-bond donors (Lipinski definition) is 0. The summed E-state index contributed by atoms with van der Waals surface area (Å²) in [5.74, 6) is 0.697. The van der Waals surface area contributed by atoms with Crippen LogP contribution in [-0.2, 0) is 27.2 Å². The summed E-state index contributed by atoms with van der Waals surface area (Å²) in [6, 6.07) is 4.10. The fourth-order valence-electron chi connectivity index (χ4n) is 5.49. The van der Waals surface area contributed by atoms with Crippen LogP contribution in [0.1, 0.15) is 126 Å². The van der Waals surface area contributed by atoms with E-state index in [2.05, 4.69) is 26.8 Å². The van der Waals surface area contributed by atoms with Crippen molar-refractivity contribution in [3.63, 3.8) is 0 Å². The van der Waals surface area contributed by atoms with Crippen molar-refractivity contribution in [2.75, 3.05) is 0 Å². The largest absolute Gasteiger partial charge is 0.300 e. The molecule has 1 aliphatic carbocycles. The first kappa shape index (κ1) is 30.9. The third-order valence-corrected chi connectivity index (χ3v) is 7.07. The lowest BCUT2D eigenvalue weighted by Crippen LogP contribution is -2.30. The summed E-state index contributed by atoms with van der Waals surface area (Å²) in [5.41, 5.74) is 4.11. The zero-order chi connectivity index (χ0) is 26.5. The number of Topliss-reactive ketones (excluding diaryl/α,β-unsaturated/α-hetero) is 4. The Kier molecular flexibility index (Phi) is 14.0. The Bertz CT molecular complexity index is 867. The van der Waals surface area contributed by atoms with Gasteiger partial charge in [-0.05, 0) is 68.1 Å². The summed E-state index contributed by atoms with van der Waals surface area (Å²) in [5, 5.41) is 0. The van der Waals surface area contributed by atoms with E-state index in [4.69, 9.17) is 0 Å². The molecule has 35 heavy (non-hydrogen) atoms. The van der Waals surface area contributed by atoms with Gasteiger partial charge >= 0.3 is 0 Å². The molecule has 0 saturated heterocycles. The Labute approximate surface area is 213 Å². The zero-order valence-electron chi connectivity index (χ0n) is 23.3. The summed E-state index contributed by atoms with van der Waals surface area (Å²) < 4.78 is 0. The minimum Gasteiger partial charge on any atom is -0.300 e. The standard InChI is InChI=1S/C28H40O4.C3H8/c1-6-9-22(24(8-3)26(31)14-19(5)29)15-20-16-25-21(12-13-23(30)7-2)11-10-18(4)28(25)27(32)17-20;1-3-2/h10-11,20,22,24H,6-9,12-17H2,1-5H3;3H2,1-2H3. The number of benzene rings is 1. The van der Waals surface area contributed by atoms with Crippen LogP contribution in [0.5, 0.6) is 0 Å². The van der Waals surface area contributed by atoms with Crippen LogP contribution in [-0.4, -0.2) is 23.1 Å². The maximum atomic E-state index is 13.1. The highest BCUT2D eigenvalue weighted by Crippen LogP contribution is 2.37. The molecule has 0 aliphatic heterocycles. The van der Waals surface area contributed by atoms with Crippen molar-refractivity contribution in [1.82, 2.24) is 0 Å². The molecule has 196 valence electrons. The highest BCUT2D eigenvalue weighted by atomic mass is 16.1. The quantitative estimate of drug-likeness (QED) is 0.273. The molecule has 0 heterocycles. The van der Waals surface area contributed by atoms with Gasteiger partial charge in [-0.3, -0.25) is 19.2 Å². The van der Waals surface area contributed by atoms with Gasteiger partial charge in [0.15, 0.2) is 5.78 Å². The van der Waals surface area contributed by atoms with E-state index in [1.54, 1.807) is 0 Å². The summed E-state index contributed by atoms with van der Waals surface area (Å²) in [4.78, 5) is 49.3. The number of hydrogen-bond acceptors (Lipinski definition) is 4. The summed E-state index contributed by atoms with van der Waals surface area (Å²) in [7, 11) is 0. The molecule has 3 unspecified atom stereocenters. The van der Waals surface area contributed by atoms with Crippen molar-refractivity contribution in [2.24, 2.45) is 17.8 Å². The van der Waals surface area contributed by atoms with E-state index in [0.29, 0.717) is 25.7 Å². The minimum atomic E-state index is -0.116. The first-order valence-electron chi connectivity index (χ1n) is 13.8. The molecule has 3 atom stereocenters. The van der Waals surface area contributed by atoms with Crippen LogP contribution in [0.15, 0.2) is 12.1 Å². The molecular formula is C31H48O4.